The number of methoxy groups -OCH3 is 1. The molecule has 0 aliphatic carbocycles. The largest absolute Gasteiger partial charge is 0.465 e. The van der Waals surface area contributed by atoms with Gasteiger partial charge in [-0.3, -0.25) is 5.32 Å². The van der Waals surface area contributed by atoms with E-state index < -0.39 is 0 Å². The zero-order valence-corrected chi connectivity index (χ0v) is 6.84. The van der Waals surface area contributed by atoms with Crippen LogP contribution in [-0.4, -0.2) is 13.1 Å². The van der Waals surface area contributed by atoms with E-state index in [1.807, 2.05) is 6.92 Å². The van der Waals surface area contributed by atoms with E-state index in [0.29, 0.717) is 5.57 Å². The topological polar surface area (TPSA) is 40.4 Å². The fraction of sp³-hybridized carbons (Fsp3) is 0.375. The van der Waals surface area contributed by atoms with Crippen LogP contribution in [0.1, 0.15) is 13.8 Å². The van der Waals surface area contributed by atoms with Gasteiger partial charge in [0.25, 0.3) is 0 Å². The number of carbonyl (C=O) groups excluding carboxylic acids is 1. The van der Waals surface area contributed by atoms with E-state index in [2.05, 4.69) is 10.1 Å². The lowest BCUT2D eigenvalue weighted by Crippen LogP contribution is -2.06. The molecule has 0 aromatic heterocycles. The van der Waals surface area contributed by atoms with Crippen LogP contribution >= 0.6 is 0 Å². The minimum absolute atomic E-state index is 0.308. The van der Waals surface area contributed by atoms with Crippen molar-refractivity contribution in [1.29, 1.82) is 0 Å². The first-order chi connectivity index (χ1) is 5.16. The first-order valence-corrected chi connectivity index (χ1v) is 3.34. The van der Waals surface area contributed by atoms with Gasteiger partial charge in [0.05, 0.1) is 18.4 Å². The van der Waals surface area contributed by atoms with Gasteiger partial charge in [-0.15, -0.1) is 0 Å². The van der Waals surface area contributed by atoms with Crippen LogP contribution in [0.4, 0.5) is 0 Å². The summed E-state index contributed by atoms with van der Waals surface area (Å²) in [5.74, 6) is -0.308. The zero-order chi connectivity index (χ0) is 8.43. The van der Waals surface area contributed by atoms with Crippen LogP contribution in [0.2, 0.25) is 0 Å². The molecule has 1 heterocycles. The number of nitrogens with zero attached hydrogens (tertiary/aromatic N) is 1. The maximum Gasteiger partial charge on any atom is 0.340 e. The molecule has 1 rings (SSSR count). The highest BCUT2D eigenvalue weighted by atomic mass is 16.5. The molecule has 0 spiro atoms. The van der Waals surface area contributed by atoms with Crippen molar-refractivity contribution in [2.24, 2.45) is 0 Å². The Morgan fingerprint density at radius 3 is 2.55 bits per heavy atom. The molecule has 0 atom stereocenters. The van der Waals surface area contributed by atoms with Gasteiger partial charge in [0.15, 0.2) is 0 Å². The quantitative estimate of drug-likeness (QED) is 0.525. The Morgan fingerprint density at radius 1 is 1.55 bits per heavy atom. The summed E-state index contributed by atoms with van der Waals surface area (Å²) < 4.78 is 4.58. The van der Waals surface area contributed by atoms with Crippen molar-refractivity contribution < 1.29 is 9.53 Å². The SMILES string of the molecule is COC(=O)C1=C(C)[N]C=C1C. The summed E-state index contributed by atoms with van der Waals surface area (Å²) in [6, 6.07) is 0. The van der Waals surface area contributed by atoms with E-state index in [-0.39, 0.29) is 5.97 Å². The third kappa shape index (κ3) is 1.27. The highest BCUT2D eigenvalue weighted by Crippen LogP contribution is 2.20. The average molecular weight is 152 g/mol. The number of esters is 1. The summed E-state index contributed by atoms with van der Waals surface area (Å²) in [5.41, 5.74) is 2.19. The van der Waals surface area contributed by atoms with Crippen LogP contribution < -0.4 is 5.32 Å². The normalized spacial score (nSPS) is 16.1. The van der Waals surface area contributed by atoms with Crippen LogP contribution in [-0.2, 0) is 9.53 Å². The molecule has 0 unspecified atom stereocenters. The van der Waals surface area contributed by atoms with Crippen molar-refractivity contribution in [1.82, 2.24) is 5.32 Å². The maximum atomic E-state index is 11.1. The summed E-state index contributed by atoms with van der Waals surface area (Å²) in [7, 11) is 1.37. The van der Waals surface area contributed by atoms with E-state index in [4.69, 9.17) is 0 Å². The number of hydrogen-bond acceptors (Lipinski definition) is 2. The minimum Gasteiger partial charge on any atom is -0.465 e. The van der Waals surface area contributed by atoms with Gasteiger partial charge in [-0.2, -0.15) is 0 Å². The van der Waals surface area contributed by atoms with Crippen LogP contribution in [0.3, 0.4) is 0 Å². The molecule has 0 aromatic carbocycles. The number of rotatable bonds is 1. The number of ether oxygens (including phenoxy) is 1. The smallest absolute Gasteiger partial charge is 0.340 e. The molecule has 0 saturated heterocycles. The van der Waals surface area contributed by atoms with Crippen LogP contribution in [0.15, 0.2) is 23.0 Å². The van der Waals surface area contributed by atoms with Crippen molar-refractivity contribution >= 4 is 5.97 Å². The van der Waals surface area contributed by atoms with Gasteiger partial charge < -0.3 is 4.74 Å². The molecular formula is C8H10NO2. The summed E-state index contributed by atoms with van der Waals surface area (Å²) in [5, 5.41) is 3.98. The molecule has 3 heteroatoms. The summed E-state index contributed by atoms with van der Waals surface area (Å²) >= 11 is 0. The van der Waals surface area contributed by atoms with Crippen LogP contribution in [0.25, 0.3) is 0 Å². The molecule has 0 fully saturated rings. The van der Waals surface area contributed by atoms with Crippen molar-refractivity contribution in [3.63, 3.8) is 0 Å². The van der Waals surface area contributed by atoms with Crippen LogP contribution in [0.5, 0.6) is 0 Å². The minimum atomic E-state index is -0.308. The number of hydrogen-bond donors (Lipinski definition) is 0. The maximum absolute atomic E-state index is 11.1. The van der Waals surface area contributed by atoms with Gasteiger partial charge in [-0.05, 0) is 19.4 Å². The van der Waals surface area contributed by atoms with E-state index in [1.54, 1.807) is 13.1 Å². The summed E-state index contributed by atoms with van der Waals surface area (Å²) in [6.45, 7) is 3.63. The Hall–Kier alpha value is -1.25. The molecular weight excluding hydrogens is 142 g/mol. The Labute approximate surface area is 65.7 Å². The first kappa shape index (κ1) is 7.85. The molecule has 1 aliphatic rings. The standard InChI is InChI=1S/C8H10NO2/c1-5-4-9-6(2)7(5)8(10)11-3/h4H,1-3H3. The van der Waals surface area contributed by atoms with Crippen molar-refractivity contribution in [3.8, 4) is 0 Å². The molecule has 1 aliphatic heterocycles. The Bertz CT molecular complexity index is 251. The molecule has 0 saturated carbocycles. The predicted molar refractivity (Wildman–Crippen MR) is 40.6 cm³/mol. The second-order valence-electron chi connectivity index (χ2n) is 2.39. The van der Waals surface area contributed by atoms with Crippen LogP contribution in [0, 0.1) is 0 Å². The zero-order valence-electron chi connectivity index (χ0n) is 6.84. The molecule has 0 bridgehead atoms. The molecule has 3 nitrogen and oxygen atoms in total. The fourth-order valence-electron chi connectivity index (χ4n) is 1.02. The van der Waals surface area contributed by atoms with Gasteiger partial charge in [0.2, 0.25) is 0 Å². The average Bonchev–Trinajstić information content (AvgIpc) is 2.30. The second-order valence-corrected chi connectivity index (χ2v) is 2.39. The lowest BCUT2D eigenvalue weighted by atomic mass is 10.1. The Kier molecular flexibility index (Phi) is 1.98. The molecule has 0 amide bonds. The van der Waals surface area contributed by atoms with E-state index >= 15 is 0 Å². The van der Waals surface area contributed by atoms with Gasteiger partial charge in [-0.1, -0.05) is 0 Å². The third-order valence-electron chi connectivity index (χ3n) is 1.60. The third-order valence-corrected chi connectivity index (χ3v) is 1.60. The highest BCUT2D eigenvalue weighted by molar-refractivity contribution is 5.94. The van der Waals surface area contributed by atoms with E-state index in [0.717, 1.165) is 11.3 Å². The molecule has 0 aromatic rings. The molecule has 1 radical (unpaired) electrons. The monoisotopic (exact) mass is 152 g/mol. The summed E-state index contributed by atoms with van der Waals surface area (Å²) in [6.07, 6.45) is 1.67. The second kappa shape index (κ2) is 2.78. The predicted octanol–water partition coefficient (Wildman–Crippen LogP) is 0.955. The lowest BCUT2D eigenvalue weighted by molar-refractivity contribution is -0.135. The van der Waals surface area contributed by atoms with E-state index in [1.165, 1.54) is 7.11 Å². The number of allylic oxidation sites excluding steroid dienone is 1. The van der Waals surface area contributed by atoms with Gasteiger partial charge in [-0.25, -0.2) is 4.79 Å². The van der Waals surface area contributed by atoms with Gasteiger partial charge >= 0.3 is 5.97 Å². The molecule has 11 heavy (non-hydrogen) atoms. The van der Waals surface area contributed by atoms with Crippen molar-refractivity contribution in [2.45, 2.75) is 13.8 Å². The van der Waals surface area contributed by atoms with Gasteiger partial charge in [0.1, 0.15) is 0 Å². The van der Waals surface area contributed by atoms with Gasteiger partial charge in [0, 0.05) is 6.20 Å². The fourth-order valence-corrected chi connectivity index (χ4v) is 1.02. The lowest BCUT2D eigenvalue weighted by Gasteiger charge is -2.00. The molecule has 0 N–H and O–H groups in total. The first-order valence-electron chi connectivity index (χ1n) is 3.34. The number of carbonyl (C=O) groups is 1. The Morgan fingerprint density at radius 2 is 2.18 bits per heavy atom. The molecule has 59 valence electrons. The highest BCUT2D eigenvalue weighted by Gasteiger charge is 2.19. The van der Waals surface area contributed by atoms with E-state index in [9.17, 15) is 4.79 Å². The Balaban J connectivity index is 2.93. The summed E-state index contributed by atoms with van der Waals surface area (Å²) in [4.78, 5) is 11.1. The van der Waals surface area contributed by atoms with Crippen molar-refractivity contribution in [3.05, 3.63) is 23.0 Å². The van der Waals surface area contributed by atoms with Crippen molar-refractivity contribution in [2.75, 3.05) is 7.11 Å².